The van der Waals surface area contributed by atoms with E-state index in [0.29, 0.717) is 0 Å². The minimum atomic E-state index is 0. The van der Waals surface area contributed by atoms with Crippen LogP contribution in [0.15, 0.2) is 18.2 Å². The normalized spacial score (nSPS) is 11.8. The van der Waals surface area contributed by atoms with Gasteiger partial charge in [-0.3, -0.25) is 6.08 Å². The first-order chi connectivity index (χ1) is 5.91. The summed E-state index contributed by atoms with van der Waals surface area (Å²) in [7, 11) is 0. The molecule has 0 aromatic rings. The Hall–Kier alpha value is 0.194. The Morgan fingerprint density at radius 1 is 1.08 bits per heavy atom. The van der Waals surface area contributed by atoms with Gasteiger partial charge in [0.15, 0.2) is 0 Å². The molecule has 71 valence electrons. The molecule has 0 heterocycles. The SMILES string of the molecule is [C-]1=CC=CC1.[CH2-]CCCCC[CH2-].[Ti+3]. The third kappa shape index (κ3) is 15.0. The molecule has 0 aromatic carbocycles. The molecule has 0 amide bonds. The predicted molar refractivity (Wildman–Crippen MR) is 55.4 cm³/mol. The predicted octanol–water partition coefficient (Wildman–Crippen LogP) is 3.91. The minimum absolute atomic E-state index is 0. The van der Waals surface area contributed by atoms with E-state index in [2.05, 4.69) is 26.0 Å². The summed E-state index contributed by atoms with van der Waals surface area (Å²) >= 11 is 0. The van der Waals surface area contributed by atoms with Crippen molar-refractivity contribution in [2.45, 2.75) is 38.5 Å². The van der Waals surface area contributed by atoms with Crippen LogP contribution in [0.5, 0.6) is 0 Å². The van der Waals surface area contributed by atoms with Crippen LogP contribution >= 0.6 is 0 Å². The van der Waals surface area contributed by atoms with Gasteiger partial charge in [-0.25, -0.2) is 12.2 Å². The van der Waals surface area contributed by atoms with Gasteiger partial charge in [-0.05, 0) is 0 Å². The summed E-state index contributed by atoms with van der Waals surface area (Å²) in [6, 6.07) is 0. The van der Waals surface area contributed by atoms with Crippen LogP contribution in [0, 0.1) is 19.9 Å². The molecule has 13 heavy (non-hydrogen) atoms. The molecule has 0 saturated heterocycles. The van der Waals surface area contributed by atoms with Crippen LogP contribution < -0.4 is 0 Å². The summed E-state index contributed by atoms with van der Waals surface area (Å²) in [6.07, 6.45) is 16.0. The molecule has 0 saturated carbocycles. The molecule has 0 spiro atoms. The first-order valence-electron chi connectivity index (χ1n) is 4.72. The maximum Gasteiger partial charge on any atom is 3.00 e. The smallest absolute Gasteiger partial charge is 0.343 e. The average Bonchev–Trinajstić information content (AvgIpc) is 2.62. The van der Waals surface area contributed by atoms with Gasteiger partial charge in [-0.2, -0.15) is 18.9 Å². The fraction of sp³-hybridized carbons (Fsp3) is 0.500. The van der Waals surface area contributed by atoms with Crippen molar-refractivity contribution in [3.63, 3.8) is 0 Å². The second-order valence-electron chi connectivity index (χ2n) is 2.77. The van der Waals surface area contributed by atoms with Crippen molar-refractivity contribution >= 4 is 0 Å². The van der Waals surface area contributed by atoms with E-state index in [1.807, 2.05) is 12.2 Å². The molecule has 1 rings (SSSR count). The standard InChI is InChI=1S/C7H14.C5H5.Ti/c1-3-5-7-6-4-2;1-2-4-5-3-1;/h1-7H2;1-3H,4H2;/q-2;-1;+3. The third-order valence-corrected chi connectivity index (χ3v) is 1.59. The molecule has 0 fully saturated rings. The van der Waals surface area contributed by atoms with E-state index in [9.17, 15) is 0 Å². The Balaban J connectivity index is 0. The molecule has 0 unspecified atom stereocenters. The van der Waals surface area contributed by atoms with Gasteiger partial charge in [0.25, 0.3) is 0 Å². The number of hydrogen-bond donors (Lipinski definition) is 0. The molecule has 0 nitrogen and oxygen atoms in total. The van der Waals surface area contributed by atoms with E-state index in [1.165, 1.54) is 19.3 Å². The topological polar surface area (TPSA) is 0 Å². The van der Waals surface area contributed by atoms with Gasteiger partial charge in [0.2, 0.25) is 0 Å². The summed E-state index contributed by atoms with van der Waals surface area (Å²) in [5.41, 5.74) is 0. The Morgan fingerprint density at radius 2 is 1.69 bits per heavy atom. The van der Waals surface area contributed by atoms with Gasteiger partial charge in [-0.1, -0.05) is 19.3 Å². The maximum absolute atomic E-state index is 3.74. The van der Waals surface area contributed by atoms with E-state index in [4.69, 9.17) is 0 Å². The fourth-order valence-corrected chi connectivity index (χ4v) is 0.871. The quantitative estimate of drug-likeness (QED) is 0.375. The first kappa shape index (κ1) is 15.7. The van der Waals surface area contributed by atoms with E-state index in [1.54, 1.807) is 0 Å². The van der Waals surface area contributed by atoms with Gasteiger partial charge in [0.05, 0.1) is 0 Å². The minimum Gasteiger partial charge on any atom is -0.343 e. The zero-order chi connectivity index (χ0) is 9.07. The average molecular weight is 211 g/mol. The fourth-order valence-electron chi connectivity index (χ4n) is 0.871. The number of unbranched alkanes of at least 4 members (excludes halogenated alkanes) is 4. The number of allylic oxidation sites excluding steroid dienone is 4. The molecule has 1 radical (unpaired) electrons. The van der Waals surface area contributed by atoms with Crippen molar-refractivity contribution in [2.75, 3.05) is 0 Å². The molecule has 0 bridgehead atoms. The monoisotopic (exact) mass is 211 g/mol. The van der Waals surface area contributed by atoms with Crippen molar-refractivity contribution in [3.8, 4) is 0 Å². The number of rotatable bonds is 4. The Kier molecular flexibility index (Phi) is 17.7. The molecule has 0 aliphatic heterocycles. The molecule has 1 aliphatic rings. The van der Waals surface area contributed by atoms with Gasteiger partial charge >= 0.3 is 21.7 Å². The van der Waals surface area contributed by atoms with Crippen molar-refractivity contribution < 1.29 is 21.7 Å². The van der Waals surface area contributed by atoms with Crippen LogP contribution in [0.3, 0.4) is 0 Å². The third-order valence-electron chi connectivity index (χ3n) is 1.59. The molecule has 1 heteroatoms. The zero-order valence-corrected chi connectivity index (χ0v) is 9.95. The van der Waals surface area contributed by atoms with Crippen LogP contribution in [0.4, 0.5) is 0 Å². The second-order valence-corrected chi connectivity index (χ2v) is 2.77. The van der Waals surface area contributed by atoms with Crippen molar-refractivity contribution in [1.29, 1.82) is 0 Å². The molecule has 1 aliphatic carbocycles. The van der Waals surface area contributed by atoms with Crippen LogP contribution in [-0.2, 0) is 21.7 Å². The van der Waals surface area contributed by atoms with Crippen LogP contribution in [0.1, 0.15) is 38.5 Å². The van der Waals surface area contributed by atoms with Gasteiger partial charge in [0.1, 0.15) is 0 Å². The van der Waals surface area contributed by atoms with E-state index >= 15 is 0 Å². The van der Waals surface area contributed by atoms with Crippen molar-refractivity contribution in [3.05, 3.63) is 38.2 Å². The van der Waals surface area contributed by atoms with E-state index < -0.39 is 0 Å². The molecule has 0 atom stereocenters. The molecule has 0 aromatic heterocycles. The van der Waals surface area contributed by atoms with Crippen LogP contribution in [-0.4, -0.2) is 0 Å². The largest absolute Gasteiger partial charge is 3.00 e. The van der Waals surface area contributed by atoms with Crippen molar-refractivity contribution in [2.24, 2.45) is 0 Å². The summed E-state index contributed by atoms with van der Waals surface area (Å²) in [6.45, 7) is 7.47. The summed E-state index contributed by atoms with van der Waals surface area (Å²) in [5.74, 6) is 0. The van der Waals surface area contributed by atoms with E-state index in [0.717, 1.165) is 19.3 Å². The van der Waals surface area contributed by atoms with Crippen molar-refractivity contribution in [1.82, 2.24) is 0 Å². The maximum atomic E-state index is 3.74. The van der Waals surface area contributed by atoms with Gasteiger partial charge in [-0.15, -0.1) is 6.42 Å². The molecular weight excluding hydrogens is 192 g/mol. The van der Waals surface area contributed by atoms with Crippen LogP contribution in [0.2, 0.25) is 0 Å². The zero-order valence-electron chi connectivity index (χ0n) is 8.39. The molecule has 0 N–H and O–H groups in total. The Bertz CT molecular complexity index is 111. The molecular formula is C12H19Ti. The first-order valence-corrected chi connectivity index (χ1v) is 4.72. The Morgan fingerprint density at radius 3 is 1.92 bits per heavy atom. The van der Waals surface area contributed by atoms with Gasteiger partial charge < -0.3 is 13.8 Å². The second kappa shape index (κ2) is 14.7. The van der Waals surface area contributed by atoms with Gasteiger partial charge in [0, 0.05) is 0 Å². The van der Waals surface area contributed by atoms with E-state index in [-0.39, 0.29) is 21.7 Å². The van der Waals surface area contributed by atoms with Crippen LogP contribution in [0.25, 0.3) is 0 Å². The summed E-state index contributed by atoms with van der Waals surface area (Å²) in [4.78, 5) is 0. The Labute approximate surface area is 98.4 Å². The summed E-state index contributed by atoms with van der Waals surface area (Å²) < 4.78 is 0. The number of hydrogen-bond acceptors (Lipinski definition) is 0. The summed E-state index contributed by atoms with van der Waals surface area (Å²) in [5, 5.41) is 0.